The third-order valence-electron chi connectivity index (χ3n) is 7.80. The van der Waals surface area contributed by atoms with Gasteiger partial charge in [-0.2, -0.15) is 0 Å². The number of ether oxygens (including phenoxy) is 1. The molecular formula is C35H37NO3. The van der Waals surface area contributed by atoms with Crippen LogP contribution in [0.1, 0.15) is 78.3 Å². The maximum Gasteiger partial charge on any atom is 0.304 e. The average molecular weight is 520 g/mol. The molecule has 3 aromatic rings. The molecule has 2 aliphatic rings. The topological polar surface area (TPSA) is 49.8 Å². The van der Waals surface area contributed by atoms with E-state index in [1.54, 1.807) is 6.92 Å². The zero-order chi connectivity index (χ0) is 27.0. The lowest BCUT2D eigenvalue weighted by atomic mass is 9.89. The fourth-order valence-electron chi connectivity index (χ4n) is 5.73. The monoisotopic (exact) mass is 519 g/mol. The van der Waals surface area contributed by atoms with Gasteiger partial charge in [0.25, 0.3) is 0 Å². The Kier molecular flexibility index (Phi) is 8.81. The lowest BCUT2D eigenvalue weighted by Crippen LogP contribution is -2.30. The van der Waals surface area contributed by atoms with Gasteiger partial charge >= 0.3 is 5.97 Å². The van der Waals surface area contributed by atoms with Crippen molar-refractivity contribution < 1.29 is 14.6 Å². The van der Waals surface area contributed by atoms with Crippen LogP contribution in [-0.4, -0.2) is 22.5 Å². The fourth-order valence-corrected chi connectivity index (χ4v) is 5.73. The van der Waals surface area contributed by atoms with E-state index in [-0.39, 0.29) is 12.3 Å². The summed E-state index contributed by atoms with van der Waals surface area (Å²) < 4.78 is 6.16. The summed E-state index contributed by atoms with van der Waals surface area (Å²) in [5, 5.41) is 9.20. The maximum absolute atomic E-state index is 11.2. The molecule has 0 aromatic heterocycles. The first-order valence-corrected chi connectivity index (χ1v) is 14.1. The van der Waals surface area contributed by atoms with Crippen molar-refractivity contribution >= 4 is 11.5 Å². The molecule has 1 unspecified atom stereocenters. The summed E-state index contributed by atoms with van der Waals surface area (Å²) in [6.45, 7) is 5.28. The van der Waals surface area contributed by atoms with Crippen molar-refractivity contribution in [3.63, 3.8) is 0 Å². The summed E-state index contributed by atoms with van der Waals surface area (Å²) in [5.74, 6) is 5.46. The SMILES string of the molecule is CC#CC(CC(=O)O)c1ccc(OCc2ccc(CN3CCc4ccccc4C3)c(C3=CCCCC3)c2)cc1. The van der Waals surface area contributed by atoms with Crippen LogP contribution < -0.4 is 4.74 Å². The molecule has 1 aliphatic carbocycles. The lowest BCUT2D eigenvalue weighted by Gasteiger charge is -2.30. The molecule has 39 heavy (non-hydrogen) atoms. The van der Waals surface area contributed by atoms with E-state index in [1.807, 2.05) is 24.3 Å². The first-order chi connectivity index (χ1) is 19.1. The highest BCUT2D eigenvalue weighted by Gasteiger charge is 2.19. The van der Waals surface area contributed by atoms with Gasteiger partial charge in [0.1, 0.15) is 12.4 Å². The molecule has 1 atom stereocenters. The van der Waals surface area contributed by atoms with Gasteiger partial charge in [0.05, 0.1) is 12.3 Å². The second-order valence-corrected chi connectivity index (χ2v) is 10.6. The van der Waals surface area contributed by atoms with Crippen LogP contribution in [0.2, 0.25) is 0 Å². The third-order valence-corrected chi connectivity index (χ3v) is 7.80. The van der Waals surface area contributed by atoms with Gasteiger partial charge in [-0.05, 0) is 96.2 Å². The van der Waals surface area contributed by atoms with E-state index >= 15 is 0 Å². The Bertz CT molecular complexity index is 1390. The number of hydrogen-bond acceptors (Lipinski definition) is 3. The predicted molar refractivity (Wildman–Crippen MR) is 156 cm³/mol. The molecule has 0 spiro atoms. The number of carbonyl (C=O) groups is 1. The van der Waals surface area contributed by atoms with Gasteiger partial charge in [-0.1, -0.05) is 60.5 Å². The van der Waals surface area contributed by atoms with Crippen molar-refractivity contribution in [2.45, 2.75) is 71.1 Å². The van der Waals surface area contributed by atoms with Crippen LogP contribution in [0.4, 0.5) is 0 Å². The van der Waals surface area contributed by atoms with E-state index < -0.39 is 5.97 Å². The Labute approximate surface area is 232 Å². The molecule has 0 saturated carbocycles. The number of aliphatic carboxylic acids is 1. The summed E-state index contributed by atoms with van der Waals surface area (Å²) >= 11 is 0. The second-order valence-electron chi connectivity index (χ2n) is 10.6. The number of nitrogens with zero attached hydrogens (tertiary/aromatic N) is 1. The zero-order valence-electron chi connectivity index (χ0n) is 22.8. The quantitative estimate of drug-likeness (QED) is 0.300. The molecule has 1 aliphatic heterocycles. The fraction of sp³-hybridized carbons (Fsp3) is 0.343. The smallest absolute Gasteiger partial charge is 0.304 e. The highest BCUT2D eigenvalue weighted by atomic mass is 16.5. The molecular weight excluding hydrogens is 482 g/mol. The van der Waals surface area contributed by atoms with Crippen LogP contribution in [0.15, 0.2) is 72.8 Å². The van der Waals surface area contributed by atoms with E-state index in [1.165, 1.54) is 40.7 Å². The third kappa shape index (κ3) is 6.99. The highest BCUT2D eigenvalue weighted by Crippen LogP contribution is 2.32. The summed E-state index contributed by atoms with van der Waals surface area (Å²) in [4.78, 5) is 13.8. The standard InChI is InChI=1S/C35H37NO3/c1-2-8-30(22-35(37)38)28-15-17-33(18-16-28)39-25-26-13-14-32(34(21-26)29-10-4-3-5-11-29)24-36-20-19-27-9-6-7-12-31(27)23-36/h6-7,9-10,12-18,21,30H,3-5,11,19-20,22-25H2,1H3,(H,37,38). The first kappa shape index (κ1) is 26.8. The zero-order valence-corrected chi connectivity index (χ0v) is 22.8. The van der Waals surface area contributed by atoms with Crippen molar-refractivity contribution in [2.75, 3.05) is 6.54 Å². The Balaban J connectivity index is 1.29. The van der Waals surface area contributed by atoms with Crippen molar-refractivity contribution in [3.05, 3.63) is 106 Å². The average Bonchev–Trinajstić information content (AvgIpc) is 2.97. The Morgan fingerprint density at radius 3 is 2.59 bits per heavy atom. The normalized spacial score (nSPS) is 15.9. The molecule has 0 radical (unpaired) electrons. The summed E-state index contributed by atoms with van der Waals surface area (Å²) in [6, 6.07) is 23.3. The van der Waals surface area contributed by atoms with Crippen LogP contribution >= 0.6 is 0 Å². The van der Waals surface area contributed by atoms with Crippen molar-refractivity contribution in [1.82, 2.24) is 4.90 Å². The van der Waals surface area contributed by atoms with E-state index in [0.717, 1.165) is 55.8 Å². The van der Waals surface area contributed by atoms with Crippen LogP contribution in [-0.2, 0) is 30.9 Å². The number of hydrogen-bond donors (Lipinski definition) is 1. The largest absolute Gasteiger partial charge is 0.489 e. The number of carboxylic acids is 1. The van der Waals surface area contributed by atoms with Crippen molar-refractivity contribution in [1.29, 1.82) is 0 Å². The van der Waals surface area contributed by atoms with E-state index in [0.29, 0.717) is 6.61 Å². The van der Waals surface area contributed by atoms with E-state index in [9.17, 15) is 9.90 Å². The maximum atomic E-state index is 11.2. The minimum Gasteiger partial charge on any atom is -0.489 e. The Morgan fingerprint density at radius 1 is 1.03 bits per heavy atom. The summed E-state index contributed by atoms with van der Waals surface area (Å²) in [7, 11) is 0. The first-order valence-electron chi connectivity index (χ1n) is 14.1. The van der Waals surface area contributed by atoms with Gasteiger partial charge in [-0.3, -0.25) is 9.69 Å². The number of rotatable bonds is 9. The van der Waals surface area contributed by atoms with Crippen molar-refractivity contribution in [2.24, 2.45) is 0 Å². The molecule has 0 bridgehead atoms. The number of fused-ring (bicyclic) bond motifs is 1. The predicted octanol–water partition coefficient (Wildman–Crippen LogP) is 7.36. The number of carboxylic acid groups (broad SMARTS) is 1. The molecule has 1 heterocycles. The van der Waals surface area contributed by atoms with Crippen LogP contribution in [0.3, 0.4) is 0 Å². The molecule has 1 N–H and O–H groups in total. The highest BCUT2D eigenvalue weighted by molar-refractivity contribution is 5.70. The lowest BCUT2D eigenvalue weighted by molar-refractivity contribution is -0.137. The van der Waals surface area contributed by atoms with Gasteiger partial charge < -0.3 is 9.84 Å². The number of allylic oxidation sites excluding steroid dienone is 2. The minimum atomic E-state index is -0.847. The van der Waals surface area contributed by atoms with Gasteiger partial charge in [0.2, 0.25) is 0 Å². The van der Waals surface area contributed by atoms with E-state index in [4.69, 9.17) is 4.74 Å². The molecule has 0 amide bonds. The van der Waals surface area contributed by atoms with Gasteiger partial charge in [-0.25, -0.2) is 0 Å². The Hall–Kier alpha value is -3.81. The Morgan fingerprint density at radius 2 is 1.85 bits per heavy atom. The van der Waals surface area contributed by atoms with Crippen LogP contribution in [0, 0.1) is 11.8 Å². The van der Waals surface area contributed by atoms with Gasteiger partial charge in [0, 0.05) is 19.6 Å². The van der Waals surface area contributed by atoms with Crippen LogP contribution in [0.5, 0.6) is 5.75 Å². The molecule has 5 rings (SSSR count). The molecule has 3 aromatic carbocycles. The summed E-state index contributed by atoms with van der Waals surface area (Å²) in [6.07, 6.45) is 8.36. The van der Waals surface area contributed by atoms with Gasteiger partial charge in [0.15, 0.2) is 0 Å². The minimum absolute atomic E-state index is 0.00401. The molecule has 0 fully saturated rings. The van der Waals surface area contributed by atoms with Gasteiger partial charge in [-0.15, -0.1) is 5.92 Å². The molecule has 4 heteroatoms. The van der Waals surface area contributed by atoms with Crippen molar-refractivity contribution in [3.8, 4) is 17.6 Å². The molecule has 4 nitrogen and oxygen atoms in total. The second kappa shape index (κ2) is 12.8. The molecule has 0 saturated heterocycles. The summed E-state index contributed by atoms with van der Waals surface area (Å²) in [5.41, 5.74) is 9.25. The molecule has 200 valence electrons. The van der Waals surface area contributed by atoms with Crippen LogP contribution in [0.25, 0.3) is 5.57 Å². The number of benzene rings is 3. The van der Waals surface area contributed by atoms with E-state index in [2.05, 4.69) is 65.3 Å².